The van der Waals surface area contributed by atoms with Crippen LogP contribution in [0.25, 0.3) is 0 Å². The summed E-state index contributed by atoms with van der Waals surface area (Å²) in [6.07, 6.45) is 1.74. The van der Waals surface area contributed by atoms with Crippen molar-refractivity contribution in [1.29, 1.82) is 0 Å². The van der Waals surface area contributed by atoms with Gasteiger partial charge in [0.15, 0.2) is 0 Å². The number of esters is 1. The molecule has 1 aliphatic heterocycles. The summed E-state index contributed by atoms with van der Waals surface area (Å²) < 4.78 is 10.3. The van der Waals surface area contributed by atoms with Crippen molar-refractivity contribution in [2.24, 2.45) is 11.8 Å². The number of carbonyl (C=O) groups is 2. The fourth-order valence-electron chi connectivity index (χ4n) is 2.74. The molecule has 23 heavy (non-hydrogen) atoms. The van der Waals surface area contributed by atoms with Crippen LogP contribution in [-0.4, -0.2) is 55.3 Å². The minimum Gasteiger partial charge on any atom is -0.468 e. The third kappa shape index (κ3) is 6.77. The number of rotatable bonds is 5. The first-order chi connectivity index (χ1) is 10.6. The molecule has 0 saturated carbocycles. The molecule has 0 aromatic rings. The number of carbonyl (C=O) groups excluding carboxylic acids is 2. The highest BCUT2D eigenvalue weighted by Crippen LogP contribution is 2.19. The maximum Gasteiger partial charge on any atom is 0.410 e. The zero-order valence-electron chi connectivity index (χ0n) is 15.3. The van der Waals surface area contributed by atoms with Crippen LogP contribution in [0.2, 0.25) is 0 Å². The van der Waals surface area contributed by atoms with Gasteiger partial charge in [-0.2, -0.15) is 0 Å². The molecule has 1 rings (SSSR count). The van der Waals surface area contributed by atoms with Crippen molar-refractivity contribution in [3.05, 3.63) is 0 Å². The molecule has 0 radical (unpaired) electrons. The van der Waals surface area contributed by atoms with Gasteiger partial charge in [0.1, 0.15) is 11.6 Å². The van der Waals surface area contributed by atoms with Gasteiger partial charge in [-0.05, 0) is 45.4 Å². The molecule has 2 atom stereocenters. The van der Waals surface area contributed by atoms with E-state index in [2.05, 4.69) is 5.32 Å². The Morgan fingerprint density at radius 2 is 1.96 bits per heavy atom. The van der Waals surface area contributed by atoms with Crippen LogP contribution in [0.3, 0.4) is 0 Å². The molecule has 0 aromatic carbocycles. The summed E-state index contributed by atoms with van der Waals surface area (Å²) in [5, 5.41) is 3.29. The number of methoxy groups -OCH3 is 1. The fraction of sp³-hybridized carbons (Fsp3) is 0.882. The molecule has 1 saturated heterocycles. The van der Waals surface area contributed by atoms with E-state index in [-0.39, 0.29) is 24.0 Å². The second-order valence-electron chi connectivity index (χ2n) is 7.59. The lowest BCUT2D eigenvalue weighted by Gasteiger charge is -2.35. The minimum absolute atomic E-state index is 0.160. The summed E-state index contributed by atoms with van der Waals surface area (Å²) in [5.41, 5.74) is -0.476. The minimum atomic E-state index is -0.476. The van der Waals surface area contributed by atoms with E-state index in [0.29, 0.717) is 19.0 Å². The molecule has 0 aromatic heterocycles. The number of nitrogens with zero attached hydrogens (tertiary/aromatic N) is 1. The first-order valence-corrected chi connectivity index (χ1v) is 8.43. The first kappa shape index (κ1) is 19.7. The van der Waals surface area contributed by atoms with Crippen molar-refractivity contribution in [3.8, 4) is 0 Å². The summed E-state index contributed by atoms with van der Waals surface area (Å²) >= 11 is 0. The second kappa shape index (κ2) is 8.52. The molecule has 0 spiro atoms. The Morgan fingerprint density at radius 3 is 2.48 bits per heavy atom. The first-order valence-electron chi connectivity index (χ1n) is 8.43. The highest BCUT2D eigenvalue weighted by Gasteiger charge is 2.29. The maximum absolute atomic E-state index is 12.2. The normalized spacial score (nSPS) is 20.3. The lowest BCUT2D eigenvalue weighted by atomic mass is 9.96. The average molecular weight is 328 g/mol. The Morgan fingerprint density at radius 1 is 1.30 bits per heavy atom. The largest absolute Gasteiger partial charge is 0.468 e. The van der Waals surface area contributed by atoms with Crippen LogP contribution in [0.15, 0.2) is 0 Å². The number of likely N-dealkylation sites (tertiary alicyclic amines) is 1. The molecule has 0 aliphatic carbocycles. The summed E-state index contributed by atoms with van der Waals surface area (Å²) in [7, 11) is 1.41. The Hall–Kier alpha value is -1.30. The quantitative estimate of drug-likeness (QED) is 0.785. The van der Waals surface area contributed by atoms with Crippen molar-refractivity contribution in [3.63, 3.8) is 0 Å². The van der Waals surface area contributed by atoms with Crippen LogP contribution in [0.4, 0.5) is 4.79 Å². The highest BCUT2D eigenvalue weighted by molar-refractivity contribution is 5.75. The molecular weight excluding hydrogens is 296 g/mol. The third-order valence-electron chi connectivity index (χ3n) is 3.92. The van der Waals surface area contributed by atoms with Crippen LogP contribution in [-0.2, 0) is 14.3 Å². The van der Waals surface area contributed by atoms with Gasteiger partial charge in [0, 0.05) is 19.6 Å². The number of ether oxygens (including phenoxy) is 2. The van der Waals surface area contributed by atoms with E-state index in [1.807, 2.05) is 34.6 Å². The van der Waals surface area contributed by atoms with Gasteiger partial charge >= 0.3 is 12.1 Å². The van der Waals surface area contributed by atoms with Gasteiger partial charge in [-0.3, -0.25) is 4.79 Å². The smallest absolute Gasteiger partial charge is 0.410 e. The van der Waals surface area contributed by atoms with E-state index in [4.69, 9.17) is 9.47 Å². The molecule has 1 N–H and O–H groups in total. The summed E-state index contributed by atoms with van der Waals surface area (Å²) in [4.78, 5) is 25.7. The topological polar surface area (TPSA) is 67.9 Å². The van der Waals surface area contributed by atoms with E-state index in [1.54, 1.807) is 4.90 Å². The Balaban J connectivity index is 2.52. The number of amides is 1. The van der Waals surface area contributed by atoms with Crippen molar-refractivity contribution in [2.75, 3.05) is 26.7 Å². The molecule has 1 fully saturated rings. The van der Waals surface area contributed by atoms with E-state index in [9.17, 15) is 9.59 Å². The van der Waals surface area contributed by atoms with E-state index >= 15 is 0 Å². The van der Waals surface area contributed by atoms with E-state index < -0.39 is 5.60 Å². The molecule has 1 amide bonds. The van der Waals surface area contributed by atoms with Crippen LogP contribution >= 0.6 is 0 Å². The van der Waals surface area contributed by atoms with Gasteiger partial charge in [-0.1, -0.05) is 13.8 Å². The van der Waals surface area contributed by atoms with Gasteiger partial charge in [0.25, 0.3) is 0 Å². The number of piperidine rings is 1. The van der Waals surface area contributed by atoms with Crippen molar-refractivity contribution in [1.82, 2.24) is 10.2 Å². The molecule has 6 nitrogen and oxygen atoms in total. The maximum atomic E-state index is 12.2. The van der Waals surface area contributed by atoms with Gasteiger partial charge in [0.05, 0.1) is 7.11 Å². The Bertz CT molecular complexity index is 404. The molecule has 1 unspecified atom stereocenters. The van der Waals surface area contributed by atoms with Crippen molar-refractivity contribution in [2.45, 2.75) is 59.1 Å². The van der Waals surface area contributed by atoms with Crippen LogP contribution in [0.1, 0.15) is 47.5 Å². The monoisotopic (exact) mass is 328 g/mol. The highest BCUT2D eigenvalue weighted by atomic mass is 16.6. The third-order valence-corrected chi connectivity index (χ3v) is 3.92. The average Bonchev–Trinajstić information content (AvgIpc) is 2.45. The van der Waals surface area contributed by atoms with Crippen LogP contribution in [0, 0.1) is 11.8 Å². The molecule has 134 valence electrons. The van der Waals surface area contributed by atoms with Crippen LogP contribution < -0.4 is 5.32 Å². The predicted molar refractivity (Wildman–Crippen MR) is 89.2 cm³/mol. The second-order valence-corrected chi connectivity index (χ2v) is 7.59. The SMILES string of the molecule is COC(=O)[C@@H](NCC1CCCN(C(=O)OC(C)(C)C)C1)C(C)C. The lowest BCUT2D eigenvalue weighted by molar-refractivity contribution is -0.144. The lowest BCUT2D eigenvalue weighted by Crippen LogP contribution is -2.48. The number of hydrogen-bond acceptors (Lipinski definition) is 5. The van der Waals surface area contributed by atoms with E-state index in [1.165, 1.54) is 7.11 Å². The Labute approximate surface area is 139 Å². The van der Waals surface area contributed by atoms with Crippen molar-refractivity contribution < 1.29 is 19.1 Å². The van der Waals surface area contributed by atoms with Gasteiger partial charge in [-0.25, -0.2) is 4.79 Å². The van der Waals surface area contributed by atoms with Gasteiger partial charge in [0.2, 0.25) is 0 Å². The van der Waals surface area contributed by atoms with E-state index in [0.717, 1.165) is 19.4 Å². The molecule has 6 heteroatoms. The molecule has 1 aliphatic rings. The number of hydrogen-bond donors (Lipinski definition) is 1. The predicted octanol–water partition coefficient (Wildman–Crippen LogP) is 2.42. The Kier molecular flexibility index (Phi) is 7.32. The summed E-state index contributed by atoms with van der Waals surface area (Å²) in [6, 6.07) is -0.308. The fourth-order valence-corrected chi connectivity index (χ4v) is 2.74. The van der Waals surface area contributed by atoms with Crippen molar-refractivity contribution >= 4 is 12.1 Å². The van der Waals surface area contributed by atoms with Crippen LogP contribution in [0.5, 0.6) is 0 Å². The summed E-state index contributed by atoms with van der Waals surface area (Å²) in [6.45, 7) is 11.7. The molecular formula is C17H32N2O4. The standard InChI is InChI=1S/C17H32N2O4/c1-12(2)14(15(20)22-6)18-10-13-8-7-9-19(11-13)16(21)23-17(3,4)5/h12-14,18H,7-11H2,1-6H3/t13?,14-/m0/s1. The summed E-state index contributed by atoms with van der Waals surface area (Å²) in [5.74, 6) is 0.245. The zero-order chi connectivity index (χ0) is 17.6. The van der Waals surface area contributed by atoms with Gasteiger partial charge in [-0.15, -0.1) is 0 Å². The zero-order valence-corrected chi connectivity index (χ0v) is 15.3. The molecule has 0 bridgehead atoms. The number of nitrogens with one attached hydrogen (secondary N) is 1. The van der Waals surface area contributed by atoms with Gasteiger partial charge < -0.3 is 19.7 Å². The molecule has 1 heterocycles.